The molecule has 3 aliphatic heterocycles. The number of likely N-dealkylation sites (tertiary alicyclic amines) is 1. The highest BCUT2D eigenvalue weighted by Gasteiger charge is 2.25. The number of amides is 3. The molecule has 3 aromatic heterocycles. The highest BCUT2D eigenvalue weighted by molar-refractivity contribution is 6.03. The number of H-pyrrole nitrogens is 1. The zero-order valence-electron chi connectivity index (χ0n) is 29.6. The molecule has 6 heterocycles. The summed E-state index contributed by atoms with van der Waals surface area (Å²) in [6, 6.07) is 13.5. The average molecular weight is 707 g/mol. The van der Waals surface area contributed by atoms with Crippen molar-refractivity contribution in [1.29, 1.82) is 0 Å². The number of ether oxygens (including phenoxy) is 1. The molecule has 1 aromatic carbocycles. The van der Waals surface area contributed by atoms with E-state index in [0.717, 1.165) is 79.2 Å². The van der Waals surface area contributed by atoms with Crippen molar-refractivity contribution in [2.45, 2.75) is 32.4 Å². The van der Waals surface area contributed by atoms with E-state index in [1.54, 1.807) is 19.4 Å². The van der Waals surface area contributed by atoms with E-state index in [2.05, 4.69) is 57.9 Å². The molecule has 0 saturated carbocycles. The van der Waals surface area contributed by atoms with Crippen molar-refractivity contribution in [1.82, 2.24) is 40.0 Å². The number of aromatic nitrogens is 4. The predicted molar refractivity (Wildman–Crippen MR) is 199 cm³/mol. The second kappa shape index (κ2) is 16.0. The van der Waals surface area contributed by atoms with Crippen molar-refractivity contribution in [2.75, 3.05) is 82.3 Å². The Bertz CT molecular complexity index is 1910. The van der Waals surface area contributed by atoms with E-state index in [0.29, 0.717) is 62.9 Å². The number of carbonyl (C=O) groups is 3. The smallest absolute Gasteiger partial charge is 0.274 e. The molecular weight excluding hydrogens is 660 g/mol. The van der Waals surface area contributed by atoms with Gasteiger partial charge in [-0.1, -0.05) is 18.7 Å². The van der Waals surface area contributed by atoms with Crippen molar-refractivity contribution < 1.29 is 19.1 Å². The Hall–Kier alpha value is -5.18. The van der Waals surface area contributed by atoms with Crippen LogP contribution in [0.25, 0.3) is 22.3 Å². The number of anilines is 2. The topological polar surface area (TPSA) is 152 Å². The summed E-state index contributed by atoms with van der Waals surface area (Å²) in [7, 11) is 0. The molecule has 3 N–H and O–H groups in total. The first-order chi connectivity index (χ1) is 25.3. The molecule has 272 valence electrons. The Labute approximate surface area is 303 Å². The van der Waals surface area contributed by atoms with Gasteiger partial charge in [0.05, 0.1) is 18.6 Å². The maximum absolute atomic E-state index is 13.2. The number of aromatic amines is 1. The second-order valence-electron chi connectivity index (χ2n) is 13.8. The number of piperazine rings is 1. The summed E-state index contributed by atoms with van der Waals surface area (Å²) < 4.78 is 5.50. The molecule has 0 bridgehead atoms. The Kier molecular flexibility index (Phi) is 10.8. The summed E-state index contributed by atoms with van der Waals surface area (Å²) in [6.07, 6.45) is 5.11. The molecule has 3 amide bonds. The molecule has 3 saturated heterocycles. The van der Waals surface area contributed by atoms with Crippen LogP contribution in [0.5, 0.6) is 0 Å². The molecule has 0 aliphatic carbocycles. The summed E-state index contributed by atoms with van der Waals surface area (Å²) in [4.78, 5) is 63.1. The number of carbonyl (C=O) groups excluding carboxylic acids is 3. The molecule has 14 heteroatoms. The third kappa shape index (κ3) is 8.47. The number of benzene rings is 1. The van der Waals surface area contributed by atoms with Crippen LogP contribution in [0.15, 0.2) is 67.1 Å². The normalized spacial score (nSPS) is 18.7. The first kappa shape index (κ1) is 35.2. The molecule has 0 spiro atoms. The number of piperidine rings is 1. The maximum Gasteiger partial charge on any atom is 0.274 e. The van der Waals surface area contributed by atoms with Crippen LogP contribution >= 0.6 is 0 Å². The zero-order valence-corrected chi connectivity index (χ0v) is 29.6. The first-order valence-corrected chi connectivity index (χ1v) is 18.0. The fourth-order valence-electron chi connectivity index (χ4n) is 7.16. The van der Waals surface area contributed by atoms with Crippen LogP contribution in [-0.4, -0.2) is 131 Å². The molecular formula is C38H46N10O4. The van der Waals surface area contributed by atoms with Crippen LogP contribution in [0.1, 0.15) is 35.8 Å². The Balaban J connectivity index is 0.909. The summed E-state index contributed by atoms with van der Waals surface area (Å²) in [5.74, 6) is 0.585. The number of nitrogens with zero attached hydrogens (tertiary/aromatic N) is 7. The van der Waals surface area contributed by atoms with Gasteiger partial charge in [-0.3, -0.25) is 29.2 Å². The predicted octanol–water partition coefficient (Wildman–Crippen LogP) is 2.91. The highest BCUT2D eigenvalue weighted by atomic mass is 16.5. The quantitative estimate of drug-likeness (QED) is 0.210. The van der Waals surface area contributed by atoms with Crippen LogP contribution in [0, 0.1) is 0 Å². The fourth-order valence-corrected chi connectivity index (χ4v) is 7.16. The van der Waals surface area contributed by atoms with Gasteiger partial charge < -0.3 is 30.2 Å². The van der Waals surface area contributed by atoms with Gasteiger partial charge >= 0.3 is 0 Å². The lowest BCUT2D eigenvalue weighted by Gasteiger charge is -2.35. The van der Waals surface area contributed by atoms with E-state index in [1.165, 1.54) is 0 Å². The number of hydrogen-bond acceptors (Lipinski definition) is 10. The number of hydrogen-bond donors (Lipinski definition) is 3. The second-order valence-corrected chi connectivity index (χ2v) is 13.8. The molecule has 14 nitrogen and oxygen atoms in total. The number of nitrogens with one attached hydrogen (secondary N) is 3. The van der Waals surface area contributed by atoms with E-state index in [1.807, 2.05) is 41.3 Å². The molecule has 4 aromatic rings. The average Bonchev–Trinajstić information content (AvgIpc) is 3.61. The molecule has 7 rings (SSSR count). The van der Waals surface area contributed by atoms with Crippen molar-refractivity contribution >= 4 is 40.3 Å². The van der Waals surface area contributed by atoms with Crippen molar-refractivity contribution in [3.8, 4) is 11.3 Å². The Morgan fingerprint density at radius 1 is 0.942 bits per heavy atom. The minimum atomic E-state index is -0.282. The fraction of sp³-hybridized carbons (Fsp3) is 0.421. The van der Waals surface area contributed by atoms with Crippen molar-refractivity contribution in [3.05, 3.63) is 78.4 Å². The molecule has 52 heavy (non-hydrogen) atoms. The molecule has 3 aliphatic rings. The summed E-state index contributed by atoms with van der Waals surface area (Å²) >= 11 is 0. The third-order valence-electron chi connectivity index (χ3n) is 10.0. The highest BCUT2D eigenvalue weighted by Crippen LogP contribution is 2.30. The van der Waals surface area contributed by atoms with Gasteiger partial charge in [0.1, 0.15) is 23.5 Å². The van der Waals surface area contributed by atoms with Crippen molar-refractivity contribution in [2.24, 2.45) is 0 Å². The van der Waals surface area contributed by atoms with E-state index < -0.39 is 0 Å². The van der Waals surface area contributed by atoms with Gasteiger partial charge in [0.25, 0.3) is 5.91 Å². The minimum absolute atomic E-state index is 0.0178. The lowest BCUT2D eigenvalue weighted by Crippen LogP contribution is -2.50. The minimum Gasteiger partial charge on any atom is -0.378 e. The Morgan fingerprint density at radius 2 is 1.73 bits per heavy atom. The van der Waals surface area contributed by atoms with Gasteiger partial charge in [-0.15, -0.1) is 0 Å². The first-order valence-electron chi connectivity index (χ1n) is 18.0. The molecule has 1 atom stereocenters. The van der Waals surface area contributed by atoms with Gasteiger partial charge in [-0.25, -0.2) is 9.97 Å². The summed E-state index contributed by atoms with van der Waals surface area (Å²) in [5, 5.41) is 7.13. The SMILES string of the molecule is C=C(CN1CCN(C(C)=O)CC1)C(=O)N[C@@H]1CCCN(Cc2ccnc(C(=O)Nc3ccc(-c4cc5c(N6CCOCC6)ncnc5[nH]4)cc3)c2)C1. The zero-order chi connectivity index (χ0) is 36.0. The molecule has 0 unspecified atom stereocenters. The van der Waals surface area contributed by atoms with Crippen LogP contribution < -0.4 is 15.5 Å². The van der Waals surface area contributed by atoms with E-state index >= 15 is 0 Å². The number of pyridine rings is 1. The van der Waals surface area contributed by atoms with Crippen molar-refractivity contribution in [3.63, 3.8) is 0 Å². The van der Waals surface area contributed by atoms with Gasteiger partial charge in [-0.05, 0) is 60.8 Å². The third-order valence-corrected chi connectivity index (χ3v) is 10.0. The number of fused-ring (bicyclic) bond motifs is 1. The maximum atomic E-state index is 13.2. The van der Waals surface area contributed by atoms with E-state index in [-0.39, 0.29) is 23.8 Å². The van der Waals surface area contributed by atoms with Crippen LogP contribution in [-0.2, 0) is 20.9 Å². The van der Waals surface area contributed by atoms with Crippen LogP contribution in [0.2, 0.25) is 0 Å². The van der Waals surface area contributed by atoms with Crippen LogP contribution in [0.4, 0.5) is 11.5 Å². The monoisotopic (exact) mass is 706 g/mol. The molecule has 0 radical (unpaired) electrons. The lowest BCUT2D eigenvalue weighted by molar-refractivity contribution is -0.130. The van der Waals surface area contributed by atoms with Crippen LogP contribution in [0.3, 0.4) is 0 Å². The Morgan fingerprint density at radius 3 is 2.50 bits per heavy atom. The summed E-state index contributed by atoms with van der Waals surface area (Å²) in [6.45, 7) is 14.2. The lowest BCUT2D eigenvalue weighted by atomic mass is 10.0. The van der Waals surface area contributed by atoms with E-state index in [4.69, 9.17) is 4.74 Å². The van der Waals surface area contributed by atoms with E-state index in [9.17, 15) is 14.4 Å². The number of morpholine rings is 1. The molecule has 3 fully saturated rings. The number of rotatable bonds is 10. The standard InChI is InChI=1S/C38H46N10O4/c1-26(22-45-12-14-47(15-13-45)27(2)49)37(50)43-31-4-3-11-46(24-31)23-28-9-10-39-34(20-28)38(51)42-30-7-5-29(6-8-30)33-21-32-35(44-33)40-25-41-36(32)48-16-18-52-19-17-48/h5-10,20-21,25,31H,1,3-4,11-19,22-24H2,2H3,(H,42,51)(H,43,50)(H,40,41,44)/t31-/m1/s1. The largest absolute Gasteiger partial charge is 0.378 e. The van der Waals surface area contributed by atoms with Gasteiger partial charge in [-0.2, -0.15) is 0 Å². The summed E-state index contributed by atoms with van der Waals surface area (Å²) in [5.41, 5.74) is 5.19. The van der Waals surface area contributed by atoms with Gasteiger partial charge in [0.2, 0.25) is 11.8 Å². The van der Waals surface area contributed by atoms with Gasteiger partial charge in [0, 0.05) is 95.0 Å². The van der Waals surface area contributed by atoms with Gasteiger partial charge in [0.15, 0.2) is 0 Å².